The molecule has 0 heterocycles. The van der Waals surface area contributed by atoms with E-state index in [1.54, 1.807) is 11.8 Å². The molecular weight excluding hydrogens is 534 g/mol. The van der Waals surface area contributed by atoms with Crippen LogP contribution in [-0.4, -0.2) is 27.9 Å². The first-order valence-electron chi connectivity index (χ1n) is 5.35. The molecule has 0 spiro atoms. The van der Waals surface area contributed by atoms with Crippen LogP contribution in [0.5, 0.6) is 0 Å². The van der Waals surface area contributed by atoms with E-state index in [4.69, 9.17) is 33.8 Å². The predicted octanol–water partition coefficient (Wildman–Crippen LogP) is 4.43. The zero-order chi connectivity index (χ0) is 15.8. The first-order chi connectivity index (χ1) is 9.43. The van der Waals surface area contributed by atoms with Gasteiger partial charge in [-0.3, -0.25) is 9.59 Å². The Kier molecular flexibility index (Phi) is 31.0. The molecule has 22 heavy (non-hydrogen) atoms. The summed E-state index contributed by atoms with van der Waals surface area (Å²) in [4.78, 5) is 20.4. The molecule has 0 amide bonds. The van der Waals surface area contributed by atoms with Crippen LogP contribution in [0.1, 0.15) is 19.8 Å². The number of thioether (sulfide) groups is 1. The van der Waals surface area contributed by atoms with Gasteiger partial charge in [-0.15, -0.1) is 11.8 Å². The zero-order valence-corrected chi connectivity index (χ0v) is 16.7. The second kappa shape index (κ2) is 23.0. The molecule has 134 valence electrons. The Morgan fingerprint density at radius 2 is 1.55 bits per heavy atom. The molecule has 0 atom stereocenters. The molecule has 0 saturated carbocycles. The van der Waals surface area contributed by atoms with Crippen LogP contribution < -0.4 is 12.3 Å². The molecule has 0 aromatic heterocycles. The summed E-state index contributed by atoms with van der Waals surface area (Å²) in [6, 6.07) is 10.0. The number of benzene rings is 1. The third kappa shape index (κ3) is 31.9. The predicted molar refractivity (Wildman–Crippen MR) is 89.1 cm³/mol. The molecule has 0 fully saturated rings. The molecule has 0 aliphatic carbocycles. The number of carbonyl (C=O) groups is 2. The van der Waals surface area contributed by atoms with E-state index in [1.165, 1.54) is 4.90 Å². The van der Waals surface area contributed by atoms with Crippen molar-refractivity contribution in [2.24, 2.45) is 0 Å². The van der Waals surface area contributed by atoms with E-state index in [2.05, 4.69) is 0 Å². The fraction of sp³-hybridized carbons (Fsp3) is 0.333. The maximum atomic E-state index is 10.2. The summed E-state index contributed by atoms with van der Waals surface area (Å²) in [7, 11) is 9.75. The van der Waals surface area contributed by atoms with Gasteiger partial charge < -0.3 is 22.5 Å². The van der Waals surface area contributed by atoms with E-state index in [1.807, 2.05) is 30.3 Å². The van der Waals surface area contributed by atoms with E-state index < -0.39 is 28.4 Å². The van der Waals surface area contributed by atoms with Crippen LogP contribution in [0.4, 0.5) is 0 Å². The number of carboxylic acids is 2. The van der Waals surface area contributed by atoms with Crippen LogP contribution in [0.2, 0.25) is 0 Å². The molecule has 1 aromatic carbocycles. The van der Waals surface area contributed by atoms with Gasteiger partial charge in [0.15, 0.2) is 0 Å². The average Bonchev–Trinajstić information content (AvgIpc) is 2.36. The number of carboxylic acid groups (broad SMARTS) is 2. The van der Waals surface area contributed by atoms with Crippen molar-refractivity contribution in [3.63, 3.8) is 0 Å². The van der Waals surface area contributed by atoms with Crippen molar-refractivity contribution in [2.45, 2.75) is 24.7 Å². The molecule has 0 aliphatic rings. The number of halogens is 2. The normalized spacial score (nSPS) is 7.95. The molecule has 0 unspecified atom stereocenters. The molecule has 1 rings (SSSR count). The van der Waals surface area contributed by atoms with Crippen molar-refractivity contribution in [1.82, 2.24) is 12.3 Å². The second-order valence-corrected chi connectivity index (χ2v) is 7.67. The second-order valence-electron chi connectivity index (χ2n) is 3.22. The van der Waals surface area contributed by atoms with E-state index in [0.717, 1.165) is 19.1 Å². The zero-order valence-electron chi connectivity index (χ0n) is 12.1. The Balaban J connectivity index is -0.000000154. The number of hydrogen-bond donors (Lipinski definition) is 4. The van der Waals surface area contributed by atoms with E-state index in [9.17, 15) is 4.79 Å². The summed E-state index contributed by atoms with van der Waals surface area (Å²) < 4.78 is 0. The van der Waals surface area contributed by atoms with E-state index in [-0.39, 0.29) is 18.7 Å². The van der Waals surface area contributed by atoms with E-state index in [0.29, 0.717) is 0 Å². The van der Waals surface area contributed by atoms with Crippen molar-refractivity contribution in [2.75, 3.05) is 5.75 Å². The van der Waals surface area contributed by atoms with E-state index >= 15 is 0 Å². The summed E-state index contributed by atoms with van der Waals surface area (Å²) in [5.41, 5.74) is 0. The van der Waals surface area contributed by atoms with Gasteiger partial charge in [-0.1, -0.05) is 18.2 Å². The van der Waals surface area contributed by atoms with Crippen molar-refractivity contribution < 1.29 is 36.3 Å². The average molecular weight is 556 g/mol. The van der Waals surface area contributed by atoms with Gasteiger partial charge in [0.2, 0.25) is 0 Å². The van der Waals surface area contributed by atoms with Gasteiger partial charge in [0.1, 0.15) is 0 Å². The fourth-order valence-corrected chi connectivity index (χ4v) is 1.80. The minimum absolute atomic E-state index is 0. The summed E-state index contributed by atoms with van der Waals surface area (Å²) in [5.74, 6) is -0.676. The van der Waals surface area contributed by atoms with Crippen molar-refractivity contribution in [1.29, 1.82) is 0 Å². The third-order valence-electron chi connectivity index (χ3n) is 1.55. The van der Waals surface area contributed by atoms with Crippen LogP contribution in [0.25, 0.3) is 0 Å². The van der Waals surface area contributed by atoms with Gasteiger partial charge in [-0.25, -0.2) is 0 Å². The Hall–Kier alpha value is -0.302. The van der Waals surface area contributed by atoms with Crippen molar-refractivity contribution in [3.05, 3.63) is 30.3 Å². The van der Waals surface area contributed by atoms with Gasteiger partial charge in [0.05, 0.1) is 0 Å². The monoisotopic (exact) mass is 555 g/mol. The Labute approximate surface area is 151 Å². The summed E-state index contributed by atoms with van der Waals surface area (Å²) >= 11 is 1.23. The Bertz CT molecular complexity index is 371. The maximum absolute atomic E-state index is 10.2. The molecule has 6 nitrogen and oxygen atoms in total. The fourth-order valence-electron chi connectivity index (χ4n) is 0.930. The molecular formula is C12H22Cl2N2O4PtS. The van der Waals surface area contributed by atoms with Gasteiger partial charge in [-0.05, 0) is 24.3 Å². The molecule has 1 aromatic rings. The standard InChI is InChI=1S/C10H12O2S.C2H4O2.2ClH.2H3N.Pt/c11-10(12)7-4-8-13-9-5-2-1-3-6-9;1-2(3)4;;;;;/h1-3,5-6H,4,7-8H2,(H,11,12);1H3,(H,3,4);2*1H;2*1H3;/q;;;;;;+2/p-2. The quantitative estimate of drug-likeness (QED) is 0.310. The van der Waals surface area contributed by atoms with Crippen LogP contribution in [0.3, 0.4) is 0 Å². The molecule has 0 bridgehead atoms. The Morgan fingerprint density at radius 3 is 1.91 bits per heavy atom. The van der Waals surface area contributed by atoms with Gasteiger partial charge in [0.25, 0.3) is 5.97 Å². The topological polar surface area (TPSA) is 145 Å². The number of rotatable bonds is 5. The molecule has 10 heteroatoms. The van der Waals surface area contributed by atoms with Crippen LogP contribution in [0, 0.1) is 0 Å². The molecule has 8 N–H and O–H groups in total. The SMILES string of the molecule is CC(=O)O.N.N.O=C(O)CCCSc1ccccc1.[Cl][Pt][Cl]. The Morgan fingerprint density at radius 1 is 1.14 bits per heavy atom. The van der Waals surface area contributed by atoms with Crippen molar-refractivity contribution >= 4 is 42.5 Å². The molecule has 0 radical (unpaired) electrons. The van der Waals surface area contributed by atoms with Crippen LogP contribution >= 0.6 is 30.6 Å². The third-order valence-corrected chi connectivity index (χ3v) is 2.65. The van der Waals surface area contributed by atoms with Crippen molar-refractivity contribution in [3.8, 4) is 0 Å². The van der Waals surface area contributed by atoms with Gasteiger partial charge in [0, 0.05) is 18.2 Å². The summed E-state index contributed by atoms with van der Waals surface area (Å²) in [6.07, 6.45) is 0.995. The van der Waals surface area contributed by atoms with Gasteiger partial charge >= 0.3 is 41.3 Å². The first kappa shape index (κ1) is 29.7. The van der Waals surface area contributed by atoms with Gasteiger partial charge in [-0.2, -0.15) is 0 Å². The first-order valence-corrected chi connectivity index (χ1v) is 12.0. The van der Waals surface area contributed by atoms with Crippen LogP contribution in [-0.2, 0) is 26.1 Å². The summed E-state index contributed by atoms with van der Waals surface area (Å²) in [5, 5.41) is 15.8. The number of hydrogen-bond acceptors (Lipinski definition) is 5. The van der Waals surface area contributed by atoms with Crippen LogP contribution in [0.15, 0.2) is 35.2 Å². The number of aliphatic carboxylic acids is 2. The summed E-state index contributed by atoms with van der Waals surface area (Å²) in [6.45, 7) is 1.08. The molecule has 0 aliphatic heterocycles. The minimum atomic E-state index is -0.833. The molecule has 0 saturated heterocycles.